The molecule has 0 amide bonds. The highest BCUT2D eigenvalue weighted by Crippen LogP contribution is 2.26. The number of carbonyl (C=O) groups excluding carboxylic acids is 1. The van der Waals surface area contributed by atoms with Crippen molar-refractivity contribution in [2.45, 2.75) is 25.1 Å². The zero-order valence-electron chi connectivity index (χ0n) is 11.7. The van der Waals surface area contributed by atoms with Crippen LogP contribution in [0, 0.1) is 0 Å². The van der Waals surface area contributed by atoms with E-state index in [-0.39, 0.29) is 5.97 Å². The molecule has 20 heavy (non-hydrogen) atoms. The van der Waals surface area contributed by atoms with Gasteiger partial charge in [-0.1, -0.05) is 11.6 Å². The highest BCUT2D eigenvalue weighted by atomic mass is 35.5. The number of ether oxygens (including phenoxy) is 2. The molecule has 0 saturated carbocycles. The van der Waals surface area contributed by atoms with Crippen molar-refractivity contribution < 1.29 is 14.3 Å². The van der Waals surface area contributed by atoms with Crippen LogP contribution in [0.4, 0.5) is 0 Å². The Hall–Kier alpha value is -0.910. The monoisotopic (exact) mass is 317 g/mol. The Morgan fingerprint density at radius 1 is 1.50 bits per heavy atom. The van der Waals surface area contributed by atoms with Crippen molar-refractivity contribution in [1.82, 2.24) is 0 Å². The Balaban J connectivity index is 2.37. The van der Waals surface area contributed by atoms with E-state index in [9.17, 15) is 4.79 Å². The fourth-order valence-electron chi connectivity index (χ4n) is 1.62. The van der Waals surface area contributed by atoms with Gasteiger partial charge in [0.2, 0.25) is 0 Å². The average molecular weight is 318 g/mol. The van der Waals surface area contributed by atoms with Crippen LogP contribution in [0.15, 0.2) is 18.2 Å². The van der Waals surface area contributed by atoms with Crippen LogP contribution in [0.1, 0.15) is 18.9 Å². The molecule has 1 rings (SSSR count). The second-order valence-corrected chi connectivity index (χ2v) is 5.70. The van der Waals surface area contributed by atoms with Crippen LogP contribution in [0.2, 0.25) is 5.02 Å². The largest absolute Gasteiger partial charge is 0.496 e. The Kier molecular flexibility index (Phi) is 7.80. The number of benzene rings is 1. The molecule has 1 unspecified atom stereocenters. The molecule has 0 aliphatic heterocycles. The summed E-state index contributed by atoms with van der Waals surface area (Å²) in [6.45, 7) is 2.13. The zero-order chi connectivity index (χ0) is 15.0. The van der Waals surface area contributed by atoms with Crippen molar-refractivity contribution in [3.05, 3.63) is 28.8 Å². The normalized spacial score (nSPS) is 12.0. The fraction of sp³-hybridized carbons (Fsp3) is 0.500. The van der Waals surface area contributed by atoms with Crippen LogP contribution >= 0.6 is 23.4 Å². The minimum Gasteiger partial charge on any atom is -0.496 e. The van der Waals surface area contributed by atoms with Crippen molar-refractivity contribution in [3.63, 3.8) is 0 Å². The summed E-state index contributed by atoms with van der Waals surface area (Å²) in [4.78, 5) is 11.4. The van der Waals surface area contributed by atoms with E-state index in [0.29, 0.717) is 18.1 Å². The lowest BCUT2D eigenvalue weighted by Crippen LogP contribution is -2.32. The van der Waals surface area contributed by atoms with Crippen molar-refractivity contribution in [1.29, 1.82) is 0 Å². The molecule has 0 spiro atoms. The molecule has 0 bridgehead atoms. The van der Waals surface area contributed by atoms with Crippen molar-refractivity contribution >= 4 is 29.3 Å². The quantitative estimate of drug-likeness (QED) is 0.590. The molecular formula is C14H20ClNO3S. The number of rotatable bonds is 8. The lowest BCUT2D eigenvalue weighted by molar-refractivity contribution is -0.144. The van der Waals surface area contributed by atoms with Crippen molar-refractivity contribution in [2.75, 3.05) is 19.5 Å². The van der Waals surface area contributed by atoms with Gasteiger partial charge in [0.05, 0.1) is 13.7 Å². The van der Waals surface area contributed by atoms with Crippen molar-refractivity contribution in [3.8, 4) is 5.75 Å². The summed E-state index contributed by atoms with van der Waals surface area (Å²) in [5, 5.41) is 0.685. The van der Waals surface area contributed by atoms with Gasteiger partial charge in [-0.3, -0.25) is 4.79 Å². The van der Waals surface area contributed by atoms with Gasteiger partial charge in [0.25, 0.3) is 0 Å². The maximum absolute atomic E-state index is 11.4. The molecular weight excluding hydrogens is 298 g/mol. The number of esters is 1. The van der Waals surface area contributed by atoms with E-state index >= 15 is 0 Å². The molecule has 112 valence electrons. The number of halogens is 1. The van der Waals surface area contributed by atoms with Crippen LogP contribution in [0.25, 0.3) is 0 Å². The summed E-state index contributed by atoms with van der Waals surface area (Å²) in [5.41, 5.74) is 6.77. The summed E-state index contributed by atoms with van der Waals surface area (Å²) in [6.07, 6.45) is 0.590. The SMILES string of the molecule is CCOC(=O)C(N)CCSCc1cc(Cl)ccc1OC. The van der Waals surface area contributed by atoms with Gasteiger partial charge < -0.3 is 15.2 Å². The first-order valence-corrected chi connectivity index (χ1v) is 7.94. The van der Waals surface area contributed by atoms with E-state index in [4.69, 9.17) is 26.8 Å². The van der Waals surface area contributed by atoms with E-state index in [0.717, 1.165) is 22.8 Å². The van der Waals surface area contributed by atoms with Crippen LogP contribution < -0.4 is 10.5 Å². The summed E-state index contributed by atoms with van der Waals surface area (Å²) in [6, 6.07) is 4.98. The minimum absolute atomic E-state index is 0.339. The number of thioether (sulfide) groups is 1. The fourth-order valence-corrected chi connectivity index (χ4v) is 2.82. The van der Waals surface area contributed by atoms with E-state index in [1.54, 1.807) is 31.9 Å². The number of nitrogens with two attached hydrogens (primary N) is 1. The van der Waals surface area contributed by atoms with E-state index in [2.05, 4.69) is 0 Å². The van der Waals surface area contributed by atoms with Crippen molar-refractivity contribution in [2.24, 2.45) is 5.73 Å². The average Bonchev–Trinajstić information content (AvgIpc) is 2.43. The number of hydrogen-bond acceptors (Lipinski definition) is 5. The second-order valence-electron chi connectivity index (χ2n) is 4.16. The first kappa shape index (κ1) is 17.1. The molecule has 4 nitrogen and oxygen atoms in total. The minimum atomic E-state index is -0.552. The van der Waals surface area contributed by atoms with Gasteiger partial charge in [0, 0.05) is 16.3 Å². The van der Waals surface area contributed by atoms with Gasteiger partial charge in [0.15, 0.2) is 0 Å². The van der Waals surface area contributed by atoms with Gasteiger partial charge in [-0.15, -0.1) is 0 Å². The van der Waals surface area contributed by atoms with E-state index in [1.165, 1.54) is 0 Å². The predicted octanol–water partition coefficient (Wildman–Crippen LogP) is 2.86. The Labute approximate surface area is 129 Å². The number of carbonyl (C=O) groups is 1. The summed E-state index contributed by atoms with van der Waals surface area (Å²) in [5.74, 6) is 2.01. The smallest absolute Gasteiger partial charge is 0.322 e. The summed E-state index contributed by atoms with van der Waals surface area (Å²) in [7, 11) is 1.63. The highest BCUT2D eigenvalue weighted by Gasteiger charge is 2.14. The molecule has 1 aromatic rings. The molecule has 0 aliphatic rings. The molecule has 0 radical (unpaired) electrons. The van der Waals surface area contributed by atoms with Crippen LogP contribution in [0.5, 0.6) is 5.75 Å². The highest BCUT2D eigenvalue weighted by molar-refractivity contribution is 7.98. The van der Waals surface area contributed by atoms with Gasteiger partial charge in [-0.2, -0.15) is 11.8 Å². The number of hydrogen-bond donors (Lipinski definition) is 1. The van der Waals surface area contributed by atoms with Gasteiger partial charge in [-0.25, -0.2) is 0 Å². The Morgan fingerprint density at radius 3 is 2.90 bits per heavy atom. The van der Waals surface area contributed by atoms with E-state index in [1.807, 2.05) is 12.1 Å². The molecule has 1 aromatic carbocycles. The molecule has 0 saturated heterocycles. The molecule has 0 aliphatic carbocycles. The first-order valence-electron chi connectivity index (χ1n) is 6.40. The Bertz CT molecular complexity index is 442. The standard InChI is InChI=1S/C14H20ClNO3S/c1-3-19-14(17)12(16)6-7-20-9-10-8-11(15)4-5-13(10)18-2/h4-5,8,12H,3,6-7,9,16H2,1-2H3. The maximum atomic E-state index is 11.4. The summed E-state index contributed by atoms with van der Waals surface area (Å²) < 4.78 is 10.1. The molecule has 0 aromatic heterocycles. The lowest BCUT2D eigenvalue weighted by atomic mass is 10.2. The third kappa shape index (κ3) is 5.61. The third-order valence-electron chi connectivity index (χ3n) is 2.66. The van der Waals surface area contributed by atoms with Crippen LogP contribution in [-0.2, 0) is 15.3 Å². The second kappa shape index (κ2) is 9.10. The zero-order valence-corrected chi connectivity index (χ0v) is 13.3. The molecule has 6 heteroatoms. The third-order valence-corrected chi connectivity index (χ3v) is 3.94. The first-order chi connectivity index (χ1) is 9.58. The molecule has 0 fully saturated rings. The van der Waals surface area contributed by atoms with Gasteiger partial charge in [-0.05, 0) is 37.3 Å². The predicted molar refractivity (Wildman–Crippen MR) is 83.4 cm³/mol. The maximum Gasteiger partial charge on any atom is 0.322 e. The molecule has 0 heterocycles. The molecule has 1 atom stereocenters. The van der Waals surface area contributed by atoms with Crippen LogP contribution in [0.3, 0.4) is 0 Å². The van der Waals surface area contributed by atoms with Gasteiger partial charge >= 0.3 is 5.97 Å². The summed E-state index contributed by atoms with van der Waals surface area (Å²) >= 11 is 7.65. The van der Waals surface area contributed by atoms with E-state index < -0.39 is 6.04 Å². The lowest BCUT2D eigenvalue weighted by Gasteiger charge is -2.11. The number of methoxy groups -OCH3 is 1. The topological polar surface area (TPSA) is 61.5 Å². The van der Waals surface area contributed by atoms with Gasteiger partial charge in [0.1, 0.15) is 11.8 Å². The van der Waals surface area contributed by atoms with Crippen LogP contribution in [-0.4, -0.2) is 31.5 Å². The Morgan fingerprint density at radius 2 is 2.25 bits per heavy atom. The molecule has 2 N–H and O–H groups in total.